The second-order valence-corrected chi connectivity index (χ2v) is 4.92. The second kappa shape index (κ2) is 6.52. The van der Waals surface area contributed by atoms with E-state index in [0.29, 0.717) is 12.1 Å². The lowest BCUT2D eigenvalue weighted by atomic mass is 10.2. The number of hydrogen-bond acceptors (Lipinski definition) is 4. The SMILES string of the molecule is CCNc1ccncc1C(=O)NCCN(C)C1CC1. The van der Waals surface area contributed by atoms with Crippen LogP contribution in [-0.4, -0.2) is 48.5 Å². The Balaban J connectivity index is 1.84. The number of nitrogens with zero attached hydrogens (tertiary/aromatic N) is 2. The van der Waals surface area contributed by atoms with E-state index in [4.69, 9.17) is 0 Å². The van der Waals surface area contributed by atoms with E-state index in [0.717, 1.165) is 24.8 Å². The van der Waals surface area contributed by atoms with Crippen LogP contribution in [0.25, 0.3) is 0 Å². The molecule has 1 aromatic heterocycles. The van der Waals surface area contributed by atoms with Gasteiger partial charge < -0.3 is 15.5 Å². The van der Waals surface area contributed by atoms with E-state index in [1.165, 1.54) is 12.8 Å². The Morgan fingerprint density at radius 3 is 3.00 bits per heavy atom. The first-order chi connectivity index (χ1) is 9.22. The Morgan fingerprint density at radius 2 is 2.32 bits per heavy atom. The van der Waals surface area contributed by atoms with Crippen LogP contribution in [0, 0.1) is 0 Å². The number of carbonyl (C=O) groups excluding carboxylic acids is 1. The largest absolute Gasteiger partial charge is 0.385 e. The molecule has 5 nitrogen and oxygen atoms in total. The highest BCUT2D eigenvalue weighted by molar-refractivity contribution is 5.99. The monoisotopic (exact) mass is 262 g/mol. The molecule has 0 atom stereocenters. The molecule has 1 aliphatic rings. The van der Waals surface area contributed by atoms with Gasteiger partial charge in [-0.15, -0.1) is 0 Å². The average Bonchev–Trinajstić information content (AvgIpc) is 3.24. The highest BCUT2D eigenvalue weighted by Crippen LogP contribution is 2.24. The van der Waals surface area contributed by atoms with Gasteiger partial charge in [0.15, 0.2) is 0 Å². The van der Waals surface area contributed by atoms with Crippen molar-refractivity contribution in [2.24, 2.45) is 0 Å². The molecular formula is C14H22N4O. The maximum atomic E-state index is 12.1. The topological polar surface area (TPSA) is 57.3 Å². The lowest BCUT2D eigenvalue weighted by Crippen LogP contribution is -2.34. The van der Waals surface area contributed by atoms with E-state index in [1.54, 1.807) is 12.4 Å². The molecule has 1 heterocycles. The van der Waals surface area contributed by atoms with E-state index in [9.17, 15) is 4.79 Å². The van der Waals surface area contributed by atoms with E-state index in [2.05, 4.69) is 27.6 Å². The minimum Gasteiger partial charge on any atom is -0.385 e. The van der Waals surface area contributed by atoms with Gasteiger partial charge in [0.1, 0.15) is 0 Å². The van der Waals surface area contributed by atoms with Crippen molar-refractivity contribution < 1.29 is 4.79 Å². The van der Waals surface area contributed by atoms with Crippen LogP contribution >= 0.6 is 0 Å². The number of pyridine rings is 1. The van der Waals surface area contributed by atoms with Crippen LogP contribution in [0.3, 0.4) is 0 Å². The molecule has 0 radical (unpaired) electrons. The van der Waals surface area contributed by atoms with Gasteiger partial charge in [0.25, 0.3) is 5.91 Å². The zero-order valence-corrected chi connectivity index (χ0v) is 11.6. The van der Waals surface area contributed by atoms with Crippen LogP contribution in [-0.2, 0) is 0 Å². The van der Waals surface area contributed by atoms with Gasteiger partial charge in [-0.25, -0.2) is 0 Å². The Morgan fingerprint density at radius 1 is 1.53 bits per heavy atom. The van der Waals surface area contributed by atoms with Gasteiger partial charge in [0, 0.05) is 38.1 Å². The maximum Gasteiger partial charge on any atom is 0.254 e. The Labute approximate surface area is 114 Å². The molecule has 1 saturated carbocycles. The summed E-state index contributed by atoms with van der Waals surface area (Å²) >= 11 is 0. The zero-order valence-electron chi connectivity index (χ0n) is 11.6. The summed E-state index contributed by atoms with van der Waals surface area (Å²) in [5, 5.41) is 6.12. The summed E-state index contributed by atoms with van der Waals surface area (Å²) < 4.78 is 0. The highest BCUT2D eigenvalue weighted by atomic mass is 16.1. The standard InChI is InChI=1S/C14H22N4O/c1-3-16-13-6-7-15-10-12(13)14(19)17-8-9-18(2)11-4-5-11/h6-7,10-11H,3-5,8-9H2,1-2H3,(H,15,16)(H,17,19). The molecule has 104 valence electrons. The van der Waals surface area contributed by atoms with Crippen molar-refractivity contribution in [1.82, 2.24) is 15.2 Å². The van der Waals surface area contributed by atoms with Crippen molar-refractivity contribution in [3.05, 3.63) is 24.0 Å². The molecule has 0 unspecified atom stereocenters. The molecule has 0 aliphatic heterocycles. The smallest absolute Gasteiger partial charge is 0.254 e. The van der Waals surface area contributed by atoms with E-state index in [1.807, 2.05) is 13.0 Å². The second-order valence-electron chi connectivity index (χ2n) is 4.92. The van der Waals surface area contributed by atoms with Crippen molar-refractivity contribution in [1.29, 1.82) is 0 Å². The Bertz CT molecular complexity index is 431. The van der Waals surface area contributed by atoms with Gasteiger partial charge in [0.05, 0.1) is 11.3 Å². The maximum absolute atomic E-state index is 12.1. The van der Waals surface area contributed by atoms with Crippen LogP contribution in [0.5, 0.6) is 0 Å². The molecule has 1 aromatic rings. The van der Waals surface area contributed by atoms with E-state index >= 15 is 0 Å². The Kier molecular flexibility index (Phi) is 4.74. The van der Waals surface area contributed by atoms with Crippen molar-refractivity contribution in [3.63, 3.8) is 0 Å². The Hall–Kier alpha value is -1.62. The normalized spacial score (nSPS) is 14.5. The van der Waals surface area contributed by atoms with Crippen molar-refractivity contribution >= 4 is 11.6 Å². The predicted molar refractivity (Wildman–Crippen MR) is 76.4 cm³/mol. The molecule has 5 heteroatoms. The van der Waals surface area contributed by atoms with Gasteiger partial charge >= 0.3 is 0 Å². The average molecular weight is 262 g/mol. The minimum atomic E-state index is -0.0618. The fourth-order valence-corrected chi connectivity index (χ4v) is 2.06. The first-order valence-electron chi connectivity index (χ1n) is 6.88. The minimum absolute atomic E-state index is 0.0618. The molecule has 2 N–H and O–H groups in total. The molecule has 2 rings (SSSR count). The van der Waals surface area contributed by atoms with Crippen LogP contribution in [0.1, 0.15) is 30.1 Å². The first kappa shape index (κ1) is 13.8. The fraction of sp³-hybridized carbons (Fsp3) is 0.571. The number of aromatic nitrogens is 1. The predicted octanol–water partition coefficient (Wildman–Crippen LogP) is 1.34. The quantitative estimate of drug-likeness (QED) is 0.778. The number of nitrogens with one attached hydrogen (secondary N) is 2. The first-order valence-corrected chi connectivity index (χ1v) is 6.88. The molecular weight excluding hydrogens is 240 g/mol. The lowest BCUT2D eigenvalue weighted by molar-refractivity contribution is 0.0950. The molecule has 0 bridgehead atoms. The number of carbonyl (C=O) groups is 1. The summed E-state index contributed by atoms with van der Waals surface area (Å²) in [4.78, 5) is 18.4. The number of amides is 1. The fourth-order valence-electron chi connectivity index (χ4n) is 2.06. The molecule has 0 aromatic carbocycles. The van der Waals surface area contributed by atoms with Crippen LogP contribution in [0.2, 0.25) is 0 Å². The lowest BCUT2D eigenvalue weighted by Gasteiger charge is -2.16. The van der Waals surface area contributed by atoms with Gasteiger partial charge in [-0.05, 0) is 32.9 Å². The van der Waals surface area contributed by atoms with E-state index in [-0.39, 0.29) is 5.91 Å². The summed E-state index contributed by atoms with van der Waals surface area (Å²) in [5.41, 5.74) is 1.45. The number of likely N-dealkylation sites (N-methyl/N-ethyl adjacent to an activating group) is 1. The van der Waals surface area contributed by atoms with Gasteiger partial charge in [0.2, 0.25) is 0 Å². The van der Waals surface area contributed by atoms with Crippen LogP contribution in [0.15, 0.2) is 18.5 Å². The summed E-state index contributed by atoms with van der Waals surface area (Å²) in [5.74, 6) is -0.0618. The third-order valence-corrected chi connectivity index (χ3v) is 3.35. The van der Waals surface area contributed by atoms with Crippen LogP contribution in [0.4, 0.5) is 5.69 Å². The summed E-state index contributed by atoms with van der Waals surface area (Å²) in [6.45, 7) is 4.36. The summed E-state index contributed by atoms with van der Waals surface area (Å²) in [6, 6.07) is 2.56. The third-order valence-electron chi connectivity index (χ3n) is 3.35. The van der Waals surface area contributed by atoms with Gasteiger partial charge in [-0.3, -0.25) is 9.78 Å². The summed E-state index contributed by atoms with van der Waals surface area (Å²) in [7, 11) is 2.11. The zero-order chi connectivity index (χ0) is 13.7. The van der Waals surface area contributed by atoms with Gasteiger partial charge in [-0.1, -0.05) is 0 Å². The number of anilines is 1. The summed E-state index contributed by atoms with van der Waals surface area (Å²) in [6.07, 6.45) is 5.88. The molecule has 0 saturated heterocycles. The highest BCUT2D eigenvalue weighted by Gasteiger charge is 2.25. The molecule has 0 spiro atoms. The molecule has 1 amide bonds. The molecule has 1 fully saturated rings. The van der Waals surface area contributed by atoms with Crippen molar-refractivity contribution in [2.75, 3.05) is 32.0 Å². The molecule has 19 heavy (non-hydrogen) atoms. The van der Waals surface area contributed by atoms with Crippen molar-refractivity contribution in [2.45, 2.75) is 25.8 Å². The number of hydrogen-bond donors (Lipinski definition) is 2. The third kappa shape index (κ3) is 3.92. The number of rotatable bonds is 7. The molecule has 1 aliphatic carbocycles. The van der Waals surface area contributed by atoms with E-state index < -0.39 is 0 Å². The van der Waals surface area contributed by atoms with Crippen LogP contribution < -0.4 is 10.6 Å². The van der Waals surface area contributed by atoms with Crippen molar-refractivity contribution in [3.8, 4) is 0 Å². The van der Waals surface area contributed by atoms with Gasteiger partial charge in [-0.2, -0.15) is 0 Å².